The lowest BCUT2D eigenvalue weighted by atomic mass is 9.86. The van der Waals surface area contributed by atoms with Crippen LogP contribution in [0.15, 0.2) is 0 Å². The summed E-state index contributed by atoms with van der Waals surface area (Å²) in [7, 11) is 5.99. The fraction of sp³-hybridized carbons (Fsp3) is 0.923. The van der Waals surface area contributed by atoms with Gasteiger partial charge in [0, 0.05) is 26.1 Å². The predicted octanol–water partition coefficient (Wildman–Crippen LogP) is 1.98. The molecule has 1 aliphatic rings. The maximum absolute atomic E-state index is 11.9. The highest BCUT2D eigenvalue weighted by molar-refractivity contribution is 5.76. The first-order chi connectivity index (χ1) is 7.50. The molecule has 0 aromatic rings. The van der Waals surface area contributed by atoms with Crippen molar-refractivity contribution in [3.63, 3.8) is 0 Å². The van der Waals surface area contributed by atoms with E-state index in [0.717, 1.165) is 12.5 Å². The summed E-state index contributed by atoms with van der Waals surface area (Å²) in [5.74, 6) is 1.15. The summed E-state index contributed by atoms with van der Waals surface area (Å²) in [6.07, 6.45) is 5.57. The zero-order chi connectivity index (χ0) is 12.1. The van der Waals surface area contributed by atoms with Crippen molar-refractivity contribution >= 4 is 5.91 Å². The van der Waals surface area contributed by atoms with Gasteiger partial charge in [-0.05, 0) is 45.7 Å². The standard InChI is InChI=1S/C13H26N2O/c1-11-5-7-12(8-6-11)15(4)13(16)9-10-14(2)3/h11-12H,5-10H2,1-4H3/t11-,12-. The fourth-order valence-corrected chi connectivity index (χ4v) is 2.33. The largest absolute Gasteiger partial charge is 0.343 e. The van der Waals surface area contributed by atoms with Crippen LogP contribution >= 0.6 is 0 Å². The van der Waals surface area contributed by atoms with Gasteiger partial charge in [-0.1, -0.05) is 6.92 Å². The van der Waals surface area contributed by atoms with Gasteiger partial charge >= 0.3 is 0 Å². The van der Waals surface area contributed by atoms with Crippen molar-refractivity contribution in [3.05, 3.63) is 0 Å². The number of nitrogens with zero attached hydrogens (tertiary/aromatic N) is 2. The maximum Gasteiger partial charge on any atom is 0.223 e. The number of hydrogen-bond acceptors (Lipinski definition) is 2. The van der Waals surface area contributed by atoms with E-state index in [1.54, 1.807) is 0 Å². The lowest BCUT2D eigenvalue weighted by Gasteiger charge is -2.33. The molecule has 16 heavy (non-hydrogen) atoms. The second kappa shape index (κ2) is 6.24. The molecule has 0 spiro atoms. The zero-order valence-corrected chi connectivity index (χ0v) is 11.2. The van der Waals surface area contributed by atoms with Crippen molar-refractivity contribution in [2.45, 2.75) is 45.1 Å². The summed E-state index contributed by atoms with van der Waals surface area (Å²) in [4.78, 5) is 16.0. The molecule has 0 aromatic carbocycles. The monoisotopic (exact) mass is 226 g/mol. The van der Waals surface area contributed by atoms with Gasteiger partial charge in [0.05, 0.1) is 0 Å². The number of hydrogen-bond donors (Lipinski definition) is 0. The Morgan fingerprint density at radius 2 is 1.69 bits per heavy atom. The molecule has 1 rings (SSSR count). The molecular weight excluding hydrogens is 200 g/mol. The van der Waals surface area contributed by atoms with Crippen LogP contribution in [-0.4, -0.2) is 49.4 Å². The van der Waals surface area contributed by atoms with Crippen LogP contribution in [0.3, 0.4) is 0 Å². The summed E-state index contributed by atoms with van der Waals surface area (Å²) in [6, 6.07) is 0.492. The van der Waals surface area contributed by atoms with Crippen molar-refractivity contribution in [1.29, 1.82) is 0 Å². The minimum absolute atomic E-state index is 0.299. The van der Waals surface area contributed by atoms with Crippen molar-refractivity contribution in [1.82, 2.24) is 9.80 Å². The Labute approximate surface area is 99.8 Å². The highest BCUT2D eigenvalue weighted by Gasteiger charge is 2.24. The van der Waals surface area contributed by atoms with Gasteiger partial charge in [0.1, 0.15) is 0 Å². The predicted molar refractivity (Wildman–Crippen MR) is 67.4 cm³/mol. The molecule has 0 aliphatic heterocycles. The highest BCUT2D eigenvalue weighted by Crippen LogP contribution is 2.26. The summed E-state index contributed by atoms with van der Waals surface area (Å²) in [5.41, 5.74) is 0. The molecule has 0 saturated heterocycles. The minimum Gasteiger partial charge on any atom is -0.343 e. The SMILES string of the molecule is CN(C)CCC(=O)N(C)[C@H]1CC[C@H](C)CC1. The Morgan fingerprint density at radius 3 is 2.19 bits per heavy atom. The van der Waals surface area contributed by atoms with Gasteiger partial charge in [0.2, 0.25) is 5.91 Å². The minimum atomic E-state index is 0.299. The van der Waals surface area contributed by atoms with E-state index in [4.69, 9.17) is 0 Å². The van der Waals surface area contributed by atoms with Crippen LogP contribution in [0.4, 0.5) is 0 Å². The molecule has 0 heterocycles. The second-order valence-electron chi connectivity index (χ2n) is 5.47. The highest BCUT2D eigenvalue weighted by atomic mass is 16.2. The molecular formula is C13H26N2O. The van der Waals surface area contributed by atoms with Crippen LogP contribution in [0.2, 0.25) is 0 Å². The number of amides is 1. The molecule has 3 nitrogen and oxygen atoms in total. The molecule has 3 heteroatoms. The molecule has 94 valence electrons. The van der Waals surface area contributed by atoms with E-state index in [1.165, 1.54) is 25.7 Å². The van der Waals surface area contributed by atoms with Gasteiger partial charge in [-0.3, -0.25) is 4.79 Å². The van der Waals surface area contributed by atoms with Gasteiger partial charge in [-0.25, -0.2) is 0 Å². The first kappa shape index (κ1) is 13.5. The van der Waals surface area contributed by atoms with E-state index in [9.17, 15) is 4.79 Å². The molecule has 0 N–H and O–H groups in total. The van der Waals surface area contributed by atoms with Crippen LogP contribution in [-0.2, 0) is 4.79 Å². The number of rotatable bonds is 4. The van der Waals surface area contributed by atoms with E-state index in [2.05, 4.69) is 11.8 Å². The Bertz CT molecular complexity index is 220. The summed E-state index contributed by atoms with van der Waals surface area (Å²) in [6.45, 7) is 3.16. The fourth-order valence-electron chi connectivity index (χ4n) is 2.33. The molecule has 0 radical (unpaired) electrons. The van der Waals surface area contributed by atoms with Gasteiger partial charge in [0.25, 0.3) is 0 Å². The van der Waals surface area contributed by atoms with Gasteiger partial charge in [0.15, 0.2) is 0 Å². The average Bonchev–Trinajstić information content (AvgIpc) is 2.26. The first-order valence-electron chi connectivity index (χ1n) is 6.41. The Morgan fingerprint density at radius 1 is 1.12 bits per heavy atom. The van der Waals surface area contributed by atoms with Crippen molar-refractivity contribution in [2.24, 2.45) is 5.92 Å². The smallest absolute Gasteiger partial charge is 0.223 e. The molecule has 0 unspecified atom stereocenters. The third-order valence-electron chi connectivity index (χ3n) is 3.70. The van der Waals surface area contributed by atoms with Crippen LogP contribution in [0.5, 0.6) is 0 Å². The van der Waals surface area contributed by atoms with E-state index in [-0.39, 0.29) is 0 Å². The third-order valence-corrected chi connectivity index (χ3v) is 3.70. The van der Waals surface area contributed by atoms with E-state index < -0.39 is 0 Å². The molecule has 1 fully saturated rings. The topological polar surface area (TPSA) is 23.6 Å². The number of carbonyl (C=O) groups is 1. The molecule has 1 amide bonds. The van der Waals surface area contributed by atoms with Gasteiger partial charge in [-0.2, -0.15) is 0 Å². The van der Waals surface area contributed by atoms with Crippen LogP contribution in [0.25, 0.3) is 0 Å². The molecule has 1 saturated carbocycles. The quantitative estimate of drug-likeness (QED) is 0.732. The molecule has 0 atom stereocenters. The average molecular weight is 226 g/mol. The Hall–Kier alpha value is -0.570. The first-order valence-corrected chi connectivity index (χ1v) is 6.41. The summed E-state index contributed by atoms with van der Waals surface area (Å²) in [5, 5.41) is 0. The lowest BCUT2D eigenvalue weighted by Crippen LogP contribution is -2.40. The van der Waals surface area contributed by atoms with Gasteiger partial charge in [-0.15, -0.1) is 0 Å². The lowest BCUT2D eigenvalue weighted by molar-refractivity contribution is -0.132. The van der Waals surface area contributed by atoms with Crippen molar-refractivity contribution in [3.8, 4) is 0 Å². The van der Waals surface area contributed by atoms with Crippen LogP contribution in [0.1, 0.15) is 39.0 Å². The Kier molecular flexibility index (Phi) is 5.26. The van der Waals surface area contributed by atoms with E-state index in [0.29, 0.717) is 18.4 Å². The van der Waals surface area contributed by atoms with Crippen LogP contribution < -0.4 is 0 Å². The third kappa shape index (κ3) is 4.12. The zero-order valence-electron chi connectivity index (χ0n) is 11.2. The molecule has 1 aliphatic carbocycles. The normalized spacial score (nSPS) is 25.8. The second-order valence-corrected chi connectivity index (χ2v) is 5.47. The van der Waals surface area contributed by atoms with Gasteiger partial charge < -0.3 is 9.80 Å². The maximum atomic E-state index is 11.9. The summed E-state index contributed by atoms with van der Waals surface area (Å²) < 4.78 is 0. The van der Waals surface area contributed by atoms with Crippen molar-refractivity contribution < 1.29 is 4.79 Å². The van der Waals surface area contributed by atoms with E-state index in [1.807, 2.05) is 26.0 Å². The molecule has 0 bridgehead atoms. The van der Waals surface area contributed by atoms with E-state index >= 15 is 0 Å². The Balaban J connectivity index is 2.32. The number of carbonyl (C=O) groups excluding carboxylic acids is 1. The summed E-state index contributed by atoms with van der Waals surface area (Å²) >= 11 is 0. The van der Waals surface area contributed by atoms with Crippen LogP contribution in [0, 0.1) is 5.92 Å². The van der Waals surface area contributed by atoms with Crippen molar-refractivity contribution in [2.75, 3.05) is 27.7 Å². The molecule has 0 aromatic heterocycles.